The third kappa shape index (κ3) is 3.81. The van der Waals surface area contributed by atoms with Gasteiger partial charge < -0.3 is 14.1 Å². The summed E-state index contributed by atoms with van der Waals surface area (Å²) in [5, 5.41) is 8.50. The number of carbonyl (C=O) groups excluding carboxylic acids is 1. The molecule has 4 aliphatic rings. The van der Waals surface area contributed by atoms with Crippen LogP contribution in [0.1, 0.15) is 50.3 Å². The minimum atomic E-state index is -4.79. The fourth-order valence-corrected chi connectivity index (χ4v) is 5.44. The molecule has 0 aliphatic heterocycles. The van der Waals surface area contributed by atoms with Crippen molar-refractivity contribution in [3.05, 3.63) is 41.1 Å². The Morgan fingerprint density at radius 1 is 1.18 bits per heavy atom. The highest BCUT2D eigenvalue weighted by Crippen LogP contribution is 2.70. The summed E-state index contributed by atoms with van der Waals surface area (Å²) < 4.78 is 54.3. The Bertz CT molecular complexity index is 1120. The summed E-state index contributed by atoms with van der Waals surface area (Å²) in [6.07, 6.45) is 3.27. The van der Waals surface area contributed by atoms with Gasteiger partial charge in [0.2, 0.25) is 11.8 Å². The molecule has 11 heteroatoms. The second-order valence-corrected chi connectivity index (χ2v) is 9.71. The van der Waals surface area contributed by atoms with E-state index in [-0.39, 0.29) is 43.7 Å². The van der Waals surface area contributed by atoms with Gasteiger partial charge in [0.25, 0.3) is 5.91 Å². The molecule has 1 amide bonds. The van der Waals surface area contributed by atoms with Crippen LogP contribution in [0.2, 0.25) is 5.02 Å². The number of benzene rings is 1. The van der Waals surface area contributed by atoms with Crippen molar-refractivity contribution in [1.29, 1.82) is 0 Å². The van der Waals surface area contributed by atoms with Gasteiger partial charge in [-0.3, -0.25) is 9.53 Å². The Kier molecular flexibility index (Phi) is 5.33. The Labute approximate surface area is 198 Å². The van der Waals surface area contributed by atoms with Crippen molar-refractivity contribution in [2.45, 2.75) is 61.4 Å². The number of carbonyl (C=O) groups is 1. The van der Waals surface area contributed by atoms with Gasteiger partial charge in [0.15, 0.2) is 12.2 Å². The van der Waals surface area contributed by atoms with Gasteiger partial charge in [-0.25, -0.2) is 0 Å². The van der Waals surface area contributed by atoms with Crippen LogP contribution in [-0.4, -0.2) is 46.1 Å². The molecular formula is C23H21ClF3N3O4. The number of amides is 1. The van der Waals surface area contributed by atoms with E-state index in [2.05, 4.69) is 20.9 Å². The van der Waals surface area contributed by atoms with Gasteiger partial charge in [0, 0.05) is 10.6 Å². The highest BCUT2D eigenvalue weighted by Gasteiger charge is 2.74. The number of halogens is 4. The molecule has 4 saturated carbocycles. The van der Waals surface area contributed by atoms with Crippen LogP contribution in [0.15, 0.2) is 28.7 Å². The van der Waals surface area contributed by atoms with Crippen molar-refractivity contribution in [2.75, 3.05) is 13.2 Å². The molecule has 34 heavy (non-hydrogen) atoms. The van der Waals surface area contributed by atoms with E-state index in [1.165, 1.54) is 0 Å². The standard InChI is InChI=1S/C23H21ClF3N3O4/c1-2-10-30(17(31)11-32-16-6-4-15(24)5-7-16)21-12-20(13-21,14-21)18-28-29-19(33-18)22(8-3-9-22)34-23(25,26)27/h1,4-7H,3,8-14H2. The maximum Gasteiger partial charge on any atom is 0.523 e. The number of aromatic nitrogens is 2. The zero-order valence-electron chi connectivity index (χ0n) is 18.0. The van der Waals surface area contributed by atoms with Crippen LogP contribution in [0.3, 0.4) is 0 Å². The number of alkyl halides is 3. The topological polar surface area (TPSA) is 77.7 Å². The fraction of sp³-hybridized carbons (Fsp3) is 0.522. The van der Waals surface area contributed by atoms with E-state index in [0.29, 0.717) is 36.5 Å². The van der Waals surface area contributed by atoms with Crippen LogP contribution < -0.4 is 4.74 Å². The number of hydrogen-bond acceptors (Lipinski definition) is 6. The molecule has 1 heterocycles. The predicted molar refractivity (Wildman–Crippen MR) is 113 cm³/mol. The van der Waals surface area contributed by atoms with Crippen molar-refractivity contribution in [2.24, 2.45) is 0 Å². The molecule has 6 rings (SSSR count). The molecule has 4 fully saturated rings. The van der Waals surface area contributed by atoms with E-state index < -0.39 is 22.9 Å². The lowest BCUT2D eigenvalue weighted by molar-refractivity contribution is -0.387. The average molecular weight is 496 g/mol. The van der Waals surface area contributed by atoms with E-state index in [9.17, 15) is 18.0 Å². The van der Waals surface area contributed by atoms with Crippen LogP contribution >= 0.6 is 11.6 Å². The Balaban J connectivity index is 1.24. The van der Waals surface area contributed by atoms with Crippen molar-refractivity contribution in [3.63, 3.8) is 0 Å². The van der Waals surface area contributed by atoms with Crippen LogP contribution in [0.25, 0.3) is 0 Å². The Morgan fingerprint density at radius 2 is 1.82 bits per heavy atom. The maximum absolute atomic E-state index is 12.9. The van der Waals surface area contributed by atoms with Gasteiger partial charge in [-0.2, -0.15) is 0 Å². The van der Waals surface area contributed by atoms with Crippen LogP contribution in [0.5, 0.6) is 5.75 Å². The van der Waals surface area contributed by atoms with E-state index in [4.69, 9.17) is 27.2 Å². The van der Waals surface area contributed by atoms with E-state index >= 15 is 0 Å². The molecule has 0 saturated heterocycles. The van der Waals surface area contributed by atoms with Crippen molar-refractivity contribution < 1.29 is 31.9 Å². The lowest BCUT2D eigenvalue weighted by atomic mass is 9.38. The predicted octanol–water partition coefficient (Wildman–Crippen LogP) is 4.35. The van der Waals surface area contributed by atoms with Crippen molar-refractivity contribution >= 4 is 17.5 Å². The number of hydrogen-bond donors (Lipinski definition) is 0. The lowest BCUT2D eigenvalue weighted by Crippen LogP contribution is -2.77. The van der Waals surface area contributed by atoms with Crippen LogP contribution in [0, 0.1) is 12.3 Å². The quantitative estimate of drug-likeness (QED) is 0.507. The normalized spacial score (nSPS) is 26.4. The summed E-state index contributed by atoms with van der Waals surface area (Å²) in [4.78, 5) is 14.5. The van der Waals surface area contributed by atoms with Crippen LogP contribution in [0.4, 0.5) is 13.2 Å². The smallest absolute Gasteiger partial charge is 0.484 e. The third-order valence-corrected chi connectivity index (χ3v) is 7.29. The highest BCUT2D eigenvalue weighted by atomic mass is 35.5. The van der Waals surface area contributed by atoms with Gasteiger partial charge in [0.05, 0.1) is 12.0 Å². The van der Waals surface area contributed by atoms with Crippen LogP contribution in [-0.2, 0) is 20.5 Å². The second kappa shape index (κ2) is 7.89. The van der Waals surface area contributed by atoms with Gasteiger partial charge in [-0.15, -0.1) is 29.8 Å². The molecular weight excluding hydrogens is 475 g/mol. The zero-order valence-corrected chi connectivity index (χ0v) is 18.8. The van der Waals surface area contributed by atoms with E-state index in [1.807, 2.05) is 0 Å². The van der Waals surface area contributed by atoms with Gasteiger partial charge in [-0.05, 0) is 62.8 Å². The monoisotopic (exact) mass is 495 g/mol. The zero-order chi connectivity index (χ0) is 24.2. The first-order chi connectivity index (χ1) is 16.1. The molecule has 7 nitrogen and oxygen atoms in total. The summed E-state index contributed by atoms with van der Waals surface area (Å²) in [7, 11) is 0. The molecule has 0 radical (unpaired) electrons. The van der Waals surface area contributed by atoms with Gasteiger partial charge >= 0.3 is 6.36 Å². The molecule has 2 bridgehead atoms. The summed E-state index contributed by atoms with van der Waals surface area (Å²) in [5.74, 6) is 2.93. The number of nitrogens with zero attached hydrogens (tertiary/aromatic N) is 3. The molecule has 4 aliphatic carbocycles. The second-order valence-electron chi connectivity index (χ2n) is 9.27. The summed E-state index contributed by atoms with van der Waals surface area (Å²) in [6.45, 7) is -0.0590. The molecule has 2 aromatic rings. The fourth-order valence-electron chi connectivity index (χ4n) is 5.31. The molecule has 1 aromatic carbocycles. The van der Waals surface area contributed by atoms with Gasteiger partial charge in [0.1, 0.15) is 5.75 Å². The summed E-state index contributed by atoms with van der Waals surface area (Å²) in [5.41, 5.74) is -2.51. The van der Waals surface area contributed by atoms with E-state index in [0.717, 1.165) is 0 Å². The largest absolute Gasteiger partial charge is 0.523 e. The van der Waals surface area contributed by atoms with E-state index in [1.54, 1.807) is 29.2 Å². The molecule has 1 aromatic heterocycles. The maximum atomic E-state index is 12.9. The molecule has 0 N–H and O–H groups in total. The van der Waals surface area contributed by atoms with Crippen molar-refractivity contribution in [1.82, 2.24) is 15.1 Å². The Hall–Kier alpha value is -2.77. The molecule has 0 atom stereocenters. The summed E-state index contributed by atoms with van der Waals surface area (Å²) >= 11 is 5.86. The SMILES string of the molecule is C#CCN(C(=O)COc1ccc(Cl)cc1)C12CC(c3nnc(C4(OC(F)(F)F)CCC4)o3)(C1)C2. The third-order valence-electron chi connectivity index (χ3n) is 7.04. The number of ether oxygens (including phenoxy) is 2. The summed E-state index contributed by atoms with van der Waals surface area (Å²) in [6, 6.07) is 6.67. The first-order valence-corrected chi connectivity index (χ1v) is 11.2. The first kappa shape index (κ1) is 23.0. The first-order valence-electron chi connectivity index (χ1n) is 10.8. The Morgan fingerprint density at radius 3 is 2.38 bits per heavy atom. The molecule has 180 valence electrons. The lowest BCUT2D eigenvalue weighted by Gasteiger charge is -2.71. The number of rotatable bonds is 8. The minimum Gasteiger partial charge on any atom is -0.484 e. The molecule has 0 unspecified atom stereocenters. The molecule has 0 spiro atoms. The average Bonchev–Trinajstić information content (AvgIpc) is 3.17. The van der Waals surface area contributed by atoms with Gasteiger partial charge in [-0.1, -0.05) is 17.5 Å². The highest BCUT2D eigenvalue weighted by molar-refractivity contribution is 6.30. The van der Waals surface area contributed by atoms with Crippen molar-refractivity contribution in [3.8, 4) is 18.1 Å². The minimum absolute atomic E-state index is 0.122. The number of terminal acetylenes is 1.